The quantitative estimate of drug-likeness (QED) is 0.318. The zero-order valence-electron chi connectivity index (χ0n) is 20.9. The topological polar surface area (TPSA) is 43.3 Å². The fourth-order valence-corrected chi connectivity index (χ4v) is 13.1. The number of amides is 1. The van der Waals surface area contributed by atoms with Gasteiger partial charge >= 0.3 is 0 Å². The molecule has 0 spiro atoms. The first kappa shape index (κ1) is 24.1. The molecular weight excluding hydrogens is 492 g/mol. The van der Waals surface area contributed by atoms with E-state index in [9.17, 15) is 4.79 Å². The van der Waals surface area contributed by atoms with Crippen LogP contribution in [-0.2, 0) is 9.53 Å². The van der Waals surface area contributed by atoms with E-state index in [1.54, 1.807) is 0 Å². The molecule has 6 heteroatoms. The lowest BCUT2D eigenvalue weighted by Gasteiger charge is -2.44. The molecule has 0 radical (unpaired) electrons. The molecule has 4 rings (SSSR count). The number of fused-ring (bicyclic) bond motifs is 1. The molecule has 0 bridgehead atoms. The van der Waals surface area contributed by atoms with Gasteiger partial charge in [-0.15, -0.1) is 0 Å². The number of hydrogen-bond donors (Lipinski definition) is 1. The molecule has 1 aromatic heterocycles. The van der Waals surface area contributed by atoms with Gasteiger partial charge in [0.25, 0.3) is 5.91 Å². The first-order chi connectivity index (χ1) is 15.4. The maximum absolute atomic E-state index is 12.9. The van der Waals surface area contributed by atoms with Crippen LogP contribution >= 0.6 is 15.9 Å². The lowest BCUT2D eigenvalue weighted by molar-refractivity contribution is -0.111. The van der Waals surface area contributed by atoms with E-state index < -0.39 is 13.8 Å². The van der Waals surface area contributed by atoms with E-state index >= 15 is 0 Å². The van der Waals surface area contributed by atoms with E-state index in [-0.39, 0.29) is 5.91 Å². The number of benzene rings is 1. The molecule has 0 aliphatic carbocycles. The van der Waals surface area contributed by atoms with E-state index in [0.29, 0.717) is 28.0 Å². The van der Waals surface area contributed by atoms with Gasteiger partial charge in [0.2, 0.25) is 0 Å². The molecule has 2 aliphatic heterocycles. The number of hydrogen-bond acceptors (Lipinski definition) is 2. The minimum absolute atomic E-state index is 0.116. The number of nitrogens with one attached hydrogen (secondary N) is 1. The molecule has 0 unspecified atom stereocenters. The summed E-state index contributed by atoms with van der Waals surface area (Å²) < 4.78 is 9.90. The summed E-state index contributed by atoms with van der Waals surface area (Å²) in [5, 5.41) is 2.97. The van der Waals surface area contributed by atoms with Crippen LogP contribution in [0, 0.1) is 0 Å². The number of anilines is 1. The number of carbonyl (C=O) groups is 1. The Labute approximate surface area is 207 Å². The van der Waals surface area contributed by atoms with Crippen LogP contribution in [0.15, 0.2) is 53.0 Å². The van der Waals surface area contributed by atoms with Gasteiger partial charge in [-0.05, 0) is 66.5 Å². The third kappa shape index (κ3) is 3.75. The van der Waals surface area contributed by atoms with Gasteiger partial charge in [-0.2, -0.15) is 0 Å². The maximum Gasteiger partial charge on any atom is 0.260 e. The molecule has 1 aromatic carbocycles. The Bertz CT molecular complexity index is 1150. The van der Waals surface area contributed by atoms with Crippen LogP contribution in [0.2, 0.25) is 16.6 Å². The van der Waals surface area contributed by atoms with Gasteiger partial charge in [-0.3, -0.25) is 4.79 Å². The van der Waals surface area contributed by atoms with Gasteiger partial charge in [0.15, 0.2) is 8.24 Å². The van der Waals surface area contributed by atoms with Gasteiger partial charge in [0, 0.05) is 21.8 Å². The summed E-state index contributed by atoms with van der Waals surface area (Å²) in [5.74, 6) is 0.524. The molecule has 4 nitrogen and oxygen atoms in total. The Morgan fingerprint density at radius 3 is 2.27 bits per heavy atom. The highest BCUT2D eigenvalue weighted by atomic mass is 79.9. The third-order valence-electron chi connectivity index (χ3n) is 7.49. The molecule has 0 fully saturated rings. The van der Waals surface area contributed by atoms with E-state index in [4.69, 9.17) is 4.74 Å². The van der Waals surface area contributed by atoms with Crippen LogP contribution in [0.25, 0.3) is 11.1 Å². The molecule has 0 atom stereocenters. The number of ether oxygens (including phenoxy) is 1. The van der Waals surface area contributed by atoms with Crippen LogP contribution in [-0.4, -0.2) is 24.0 Å². The monoisotopic (exact) mass is 526 g/mol. The van der Waals surface area contributed by atoms with Crippen molar-refractivity contribution in [3.63, 3.8) is 0 Å². The predicted octanol–water partition coefficient (Wildman–Crippen LogP) is 7.83. The largest absolute Gasteiger partial charge is 0.482 e. The summed E-state index contributed by atoms with van der Waals surface area (Å²) in [6.07, 6.45) is 6.67. The van der Waals surface area contributed by atoms with Crippen molar-refractivity contribution in [3.05, 3.63) is 64.1 Å². The average Bonchev–Trinajstić information content (AvgIpc) is 3.35. The van der Waals surface area contributed by atoms with Crippen molar-refractivity contribution in [1.82, 2.24) is 4.23 Å². The Balaban J connectivity index is 1.82. The van der Waals surface area contributed by atoms with Crippen LogP contribution in [0.5, 0.6) is 0 Å². The highest BCUT2D eigenvalue weighted by Crippen LogP contribution is 2.47. The second kappa shape index (κ2) is 8.31. The highest BCUT2D eigenvalue weighted by molar-refractivity contribution is 9.10. The number of carbonyl (C=O) groups excluding carboxylic acids is 1. The summed E-state index contributed by atoms with van der Waals surface area (Å²) in [6, 6.07) is 8.07. The maximum atomic E-state index is 12.9. The number of allylic oxidation sites excluding steroid dienone is 1. The zero-order valence-corrected chi connectivity index (χ0v) is 23.5. The van der Waals surface area contributed by atoms with Crippen LogP contribution < -0.4 is 5.32 Å². The molecule has 2 aliphatic rings. The molecule has 2 aromatic rings. The van der Waals surface area contributed by atoms with Crippen molar-refractivity contribution < 1.29 is 9.53 Å². The molecule has 3 heterocycles. The minimum atomic E-state index is -1.82. The zero-order chi connectivity index (χ0) is 24.3. The van der Waals surface area contributed by atoms with Gasteiger partial charge in [-0.1, -0.05) is 63.5 Å². The van der Waals surface area contributed by atoms with E-state index in [1.165, 1.54) is 5.56 Å². The van der Waals surface area contributed by atoms with Crippen molar-refractivity contribution in [2.24, 2.45) is 0 Å². The van der Waals surface area contributed by atoms with Crippen LogP contribution in [0.4, 0.5) is 5.69 Å². The van der Waals surface area contributed by atoms with Crippen molar-refractivity contribution in [1.29, 1.82) is 0 Å². The number of nitrogens with zero attached hydrogens (tertiary/aromatic N) is 1. The van der Waals surface area contributed by atoms with Gasteiger partial charge in [0.1, 0.15) is 11.4 Å². The number of rotatable bonds is 5. The Morgan fingerprint density at radius 2 is 1.67 bits per heavy atom. The van der Waals surface area contributed by atoms with Crippen LogP contribution in [0.3, 0.4) is 0 Å². The Morgan fingerprint density at radius 1 is 1.03 bits per heavy atom. The van der Waals surface area contributed by atoms with Gasteiger partial charge in [-0.25, -0.2) is 0 Å². The van der Waals surface area contributed by atoms with Gasteiger partial charge < -0.3 is 14.3 Å². The molecular formula is C27H35BrN2O2Si. The SMILES string of the molecule is CC(C)[Si](C(C)C)(C(C)C)n1ccc(C2=C/C(=C3\C(=O)Nc4cc(Br)ccc43)OC2(C)C)c1. The lowest BCUT2D eigenvalue weighted by Crippen LogP contribution is -2.51. The van der Waals surface area contributed by atoms with Crippen LogP contribution in [0.1, 0.15) is 66.5 Å². The van der Waals surface area contributed by atoms with E-state index in [1.807, 2.05) is 18.2 Å². The molecule has 1 amide bonds. The van der Waals surface area contributed by atoms with E-state index in [2.05, 4.69) is 105 Å². The summed E-state index contributed by atoms with van der Waals surface area (Å²) in [7, 11) is -1.82. The van der Waals surface area contributed by atoms with Gasteiger partial charge in [0.05, 0.1) is 11.3 Å². The number of halogens is 1. The first-order valence-corrected chi connectivity index (χ1v) is 14.8. The molecule has 1 N–H and O–H groups in total. The standard InChI is InChI=1S/C27H35BrN2O2Si/c1-16(2)33(17(3)4,18(5)6)30-12-11-19(15-30)22-14-24(32-27(22,7)8)25-21-10-9-20(28)13-23(21)29-26(25)31/h9-18H,1-8H3,(H,29,31)/b25-24+. The first-order valence-electron chi connectivity index (χ1n) is 11.8. The molecule has 33 heavy (non-hydrogen) atoms. The second-order valence-corrected chi connectivity index (χ2v) is 17.4. The second-order valence-electron chi connectivity index (χ2n) is 10.7. The Hall–Kier alpha value is -2.05. The smallest absolute Gasteiger partial charge is 0.260 e. The van der Waals surface area contributed by atoms with Crippen molar-refractivity contribution >= 4 is 46.9 Å². The normalized spacial score (nSPS) is 19.9. The Kier molecular flexibility index (Phi) is 6.07. The summed E-state index contributed by atoms with van der Waals surface area (Å²) in [4.78, 5) is 12.9. The summed E-state index contributed by atoms with van der Waals surface area (Å²) in [5.41, 5.74) is 5.92. The number of aromatic nitrogens is 1. The summed E-state index contributed by atoms with van der Waals surface area (Å²) >= 11 is 3.49. The third-order valence-corrected chi connectivity index (χ3v) is 14.7. The predicted molar refractivity (Wildman–Crippen MR) is 144 cm³/mol. The lowest BCUT2D eigenvalue weighted by atomic mass is 9.94. The summed E-state index contributed by atoms with van der Waals surface area (Å²) in [6.45, 7) is 18.4. The molecule has 0 saturated carbocycles. The fraction of sp³-hybridized carbons (Fsp3) is 0.444. The fourth-order valence-electron chi connectivity index (χ4n) is 6.30. The molecule has 0 saturated heterocycles. The van der Waals surface area contributed by atoms with Crippen molar-refractivity contribution in [3.8, 4) is 0 Å². The highest BCUT2D eigenvalue weighted by Gasteiger charge is 2.45. The van der Waals surface area contributed by atoms with Crippen molar-refractivity contribution in [2.75, 3.05) is 5.32 Å². The molecule has 176 valence electrons. The van der Waals surface area contributed by atoms with E-state index in [0.717, 1.165) is 21.3 Å². The minimum Gasteiger partial charge on any atom is -0.482 e. The van der Waals surface area contributed by atoms with Crippen molar-refractivity contribution in [2.45, 2.75) is 77.6 Å². The average molecular weight is 528 g/mol.